The SMILES string of the molecule is COc1ccc2c(c1)CC(CCN1CCC(O)C1)=C2C(C)c1nccs1. The molecule has 1 aliphatic heterocycles. The Morgan fingerprint density at radius 3 is 3.00 bits per heavy atom. The first-order valence-corrected chi connectivity index (χ1v) is 10.2. The van der Waals surface area contributed by atoms with Gasteiger partial charge >= 0.3 is 0 Å². The van der Waals surface area contributed by atoms with E-state index in [9.17, 15) is 5.11 Å². The van der Waals surface area contributed by atoms with Gasteiger partial charge in [0.2, 0.25) is 0 Å². The largest absolute Gasteiger partial charge is 0.497 e. The van der Waals surface area contributed by atoms with Crippen LogP contribution in [0.4, 0.5) is 0 Å². The second kappa shape index (κ2) is 7.51. The molecule has 0 bridgehead atoms. The van der Waals surface area contributed by atoms with Crippen LogP contribution in [0.3, 0.4) is 0 Å². The average molecular weight is 371 g/mol. The molecule has 1 aromatic heterocycles. The van der Waals surface area contributed by atoms with Gasteiger partial charge in [-0.25, -0.2) is 4.98 Å². The van der Waals surface area contributed by atoms with Crippen LogP contribution in [0.2, 0.25) is 0 Å². The first-order chi connectivity index (χ1) is 12.7. The van der Waals surface area contributed by atoms with Crippen LogP contribution in [0.15, 0.2) is 35.3 Å². The molecule has 4 nitrogen and oxygen atoms in total. The molecular weight excluding hydrogens is 344 g/mol. The first-order valence-electron chi connectivity index (χ1n) is 9.34. The molecule has 1 aliphatic carbocycles. The molecule has 1 N–H and O–H groups in total. The van der Waals surface area contributed by atoms with E-state index in [4.69, 9.17) is 4.74 Å². The summed E-state index contributed by atoms with van der Waals surface area (Å²) >= 11 is 1.73. The minimum atomic E-state index is -0.150. The number of aromatic nitrogens is 1. The summed E-state index contributed by atoms with van der Waals surface area (Å²) in [7, 11) is 1.73. The molecule has 138 valence electrons. The first kappa shape index (κ1) is 17.7. The number of hydrogen-bond donors (Lipinski definition) is 1. The topological polar surface area (TPSA) is 45.6 Å². The summed E-state index contributed by atoms with van der Waals surface area (Å²) in [5.74, 6) is 1.23. The molecule has 26 heavy (non-hydrogen) atoms. The lowest BCUT2D eigenvalue weighted by atomic mass is 9.92. The van der Waals surface area contributed by atoms with E-state index in [2.05, 4.69) is 40.4 Å². The number of likely N-dealkylation sites (tertiary alicyclic amines) is 1. The molecule has 2 aliphatic rings. The number of benzene rings is 1. The maximum Gasteiger partial charge on any atom is 0.119 e. The number of hydrogen-bond acceptors (Lipinski definition) is 5. The molecule has 0 radical (unpaired) electrons. The van der Waals surface area contributed by atoms with Gasteiger partial charge in [0.25, 0.3) is 0 Å². The van der Waals surface area contributed by atoms with Crippen LogP contribution >= 0.6 is 11.3 Å². The molecule has 2 aromatic rings. The maximum atomic E-state index is 9.78. The molecule has 2 heterocycles. The Morgan fingerprint density at radius 2 is 2.31 bits per heavy atom. The monoisotopic (exact) mass is 370 g/mol. The summed E-state index contributed by atoms with van der Waals surface area (Å²) in [4.78, 5) is 6.95. The van der Waals surface area contributed by atoms with Crippen LogP contribution in [0.5, 0.6) is 5.75 Å². The van der Waals surface area contributed by atoms with Gasteiger partial charge in [-0.15, -0.1) is 11.3 Å². The van der Waals surface area contributed by atoms with E-state index in [1.165, 1.54) is 27.3 Å². The second-order valence-corrected chi connectivity index (χ2v) is 8.23. The number of ether oxygens (including phenoxy) is 1. The molecule has 0 amide bonds. The van der Waals surface area contributed by atoms with Crippen molar-refractivity contribution in [2.45, 2.75) is 38.2 Å². The normalized spacial score (nSPS) is 21.3. The van der Waals surface area contributed by atoms with Crippen molar-refractivity contribution in [2.75, 3.05) is 26.7 Å². The van der Waals surface area contributed by atoms with Crippen molar-refractivity contribution in [3.8, 4) is 5.75 Å². The summed E-state index contributed by atoms with van der Waals surface area (Å²) in [6.45, 7) is 5.11. The van der Waals surface area contributed by atoms with Crippen LogP contribution in [-0.2, 0) is 6.42 Å². The van der Waals surface area contributed by atoms with Crippen molar-refractivity contribution in [3.63, 3.8) is 0 Å². The number of nitrogens with zero attached hydrogens (tertiary/aromatic N) is 2. The molecule has 1 fully saturated rings. The highest BCUT2D eigenvalue weighted by Crippen LogP contribution is 2.44. The van der Waals surface area contributed by atoms with Crippen LogP contribution < -0.4 is 4.74 Å². The number of aliphatic hydroxyl groups is 1. The zero-order valence-corrected chi connectivity index (χ0v) is 16.3. The Kier molecular flexibility index (Phi) is 5.11. The summed E-state index contributed by atoms with van der Waals surface area (Å²) in [6, 6.07) is 6.45. The predicted molar refractivity (Wildman–Crippen MR) is 106 cm³/mol. The predicted octanol–water partition coefficient (Wildman–Crippen LogP) is 3.72. The molecule has 0 spiro atoms. The summed E-state index contributed by atoms with van der Waals surface area (Å²) in [6.07, 6.45) is 4.69. The van der Waals surface area contributed by atoms with Crippen LogP contribution in [0.25, 0.3) is 5.57 Å². The van der Waals surface area contributed by atoms with Gasteiger partial charge in [-0.1, -0.05) is 18.6 Å². The molecular formula is C21H26N2O2S. The molecule has 1 saturated heterocycles. The van der Waals surface area contributed by atoms with Gasteiger partial charge < -0.3 is 14.7 Å². The number of allylic oxidation sites excluding steroid dienone is 1. The number of methoxy groups -OCH3 is 1. The number of rotatable bonds is 6. The van der Waals surface area contributed by atoms with Crippen LogP contribution in [0.1, 0.15) is 41.8 Å². The molecule has 4 rings (SSSR count). The molecule has 2 unspecified atom stereocenters. The van der Waals surface area contributed by atoms with Crippen molar-refractivity contribution >= 4 is 16.9 Å². The van der Waals surface area contributed by atoms with Crippen molar-refractivity contribution in [1.82, 2.24) is 9.88 Å². The number of aliphatic hydroxyl groups excluding tert-OH is 1. The maximum absolute atomic E-state index is 9.78. The molecule has 1 aromatic carbocycles. The highest BCUT2D eigenvalue weighted by atomic mass is 32.1. The van der Waals surface area contributed by atoms with Gasteiger partial charge in [0.05, 0.1) is 18.2 Å². The Labute approximate surface area is 159 Å². The molecule has 2 atom stereocenters. The molecule has 0 saturated carbocycles. The minimum absolute atomic E-state index is 0.150. The van der Waals surface area contributed by atoms with Gasteiger partial charge in [0.1, 0.15) is 5.75 Å². The van der Waals surface area contributed by atoms with E-state index >= 15 is 0 Å². The Balaban J connectivity index is 1.62. The van der Waals surface area contributed by atoms with Crippen molar-refractivity contribution in [2.24, 2.45) is 0 Å². The third-order valence-corrected chi connectivity index (χ3v) is 6.58. The van der Waals surface area contributed by atoms with Gasteiger partial charge in [-0.05, 0) is 48.1 Å². The Hall–Kier alpha value is -1.69. The van der Waals surface area contributed by atoms with Gasteiger partial charge in [-0.2, -0.15) is 0 Å². The Bertz CT molecular complexity index is 800. The van der Waals surface area contributed by atoms with Gasteiger partial charge in [0, 0.05) is 37.1 Å². The second-order valence-electron chi connectivity index (χ2n) is 7.30. The van der Waals surface area contributed by atoms with E-state index < -0.39 is 0 Å². The van der Waals surface area contributed by atoms with Crippen molar-refractivity contribution in [3.05, 3.63) is 51.5 Å². The molecule has 5 heteroatoms. The summed E-state index contributed by atoms with van der Waals surface area (Å²) in [5.41, 5.74) is 5.67. The standard InChI is InChI=1S/C21H26N2O2S/c1-14(21-22-7-10-26-21)20-15(5-8-23-9-6-17(24)13-23)11-16-12-18(25-2)3-4-19(16)20/h3-4,7,10,12,14,17,24H,5-6,8-9,11,13H2,1-2H3. The Morgan fingerprint density at radius 1 is 1.42 bits per heavy atom. The lowest BCUT2D eigenvalue weighted by molar-refractivity contribution is 0.177. The van der Waals surface area contributed by atoms with E-state index in [0.29, 0.717) is 5.92 Å². The van der Waals surface area contributed by atoms with Crippen molar-refractivity contribution in [1.29, 1.82) is 0 Å². The fourth-order valence-corrected chi connectivity index (χ4v) is 4.97. The van der Waals surface area contributed by atoms with Crippen LogP contribution in [-0.4, -0.2) is 47.8 Å². The number of β-amino-alcohol motifs (C(OH)–C–C–N with tert-alkyl or cyclic N) is 1. The quantitative estimate of drug-likeness (QED) is 0.842. The third-order valence-electron chi connectivity index (χ3n) is 5.62. The minimum Gasteiger partial charge on any atom is -0.497 e. The lowest BCUT2D eigenvalue weighted by Crippen LogP contribution is -2.23. The third kappa shape index (κ3) is 3.43. The zero-order chi connectivity index (χ0) is 18.1. The lowest BCUT2D eigenvalue weighted by Gasteiger charge is -2.18. The number of thiazole rings is 1. The summed E-state index contributed by atoms with van der Waals surface area (Å²) < 4.78 is 5.43. The van der Waals surface area contributed by atoms with Gasteiger partial charge in [-0.3, -0.25) is 0 Å². The summed E-state index contributed by atoms with van der Waals surface area (Å²) in [5, 5.41) is 13.0. The smallest absolute Gasteiger partial charge is 0.119 e. The van der Waals surface area contributed by atoms with Gasteiger partial charge in [0.15, 0.2) is 0 Å². The van der Waals surface area contributed by atoms with Crippen LogP contribution in [0, 0.1) is 0 Å². The fourth-order valence-electron chi connectivity index (χ4n) is 4.26. The number of fused-ring (bicyclic) bond motifs is 1. The average Bonchev–Trinajstić information content (AvgIpc) is 3.38. The van der Waals surface area contributed by atoms with E-state index in [-0.39, 0.29) is 6.10 Å². The van der Waals surface area contributed by atoms with E-state index in [1.54, 1.807) is 18.4 Å². The van der Waals surface area contributed by atoms with E-state index in [0.717, 1.165) is 44.6 Å². The van der Waals surface area contributed by atoms with Crippen molar-refractivity contribution < 1.29 is 9.84 Å². The van der Waals surface area contributed by atoms with E-state index in [1.807, 2.05) is 6.20 Å². The zero-order valence-electron chi connectivity index (χ0n) is 15.4. The fraction of sp³-hybridized carbons (Fsp3) is 0.476. The highest BCUT2D eigenvalue weighted by Gasteiger charge is 2.28. The highest BCUT2D eigenvalue weighted by molar-refractivity contribution is 7.09.